The lowest BCUT2D eigenvalue weighted by molar-refractivity contribution is -0.000243. The molecule has 122 valence electrons. The normalized spacial score (nSPS) is 19.6. The Balaban J connectivity index is 1.89. The molecule has 1 unspecified atom stereocenters. The molecule has 1 heterocycles. The van der Waals surface area contributed by atoms with Crippen molar-refractivity contribution in [2.45, 2.75) is 18.2 Å². The summed E-state index contributed by atoms with van der Waals surface area (Å²) in [6.07, 6.45) is 0.584. The number of hydrogen-bond donors (Lipinski definition) is 0. The van der Waals surface area contributed by atoms with Crippen LogP contribution < -0.4 is 0 Å². The summed E-state index contributed by atoms with van der Waals surface area (Å²) < 4.78 is 46.0. The molecular weight excluding hydrogens is 317 g/mol. The summed E-state index contributed by atoms with van der Waals surface area (Å²) in [5, 5.41) is 0. The molecule has 6 heteroatoms. The van der Waals surface area contributed by atoms with Gasteiger partial charge in [0.25, 0.3) is 0 Å². The molecule has 0 spiro atoms. The average Bonchev–Trinajstić information content (AvgIpc) is 2.58. The minimum atomic E-state index is -3.69. The van der Waals surface area contributed by atoms with E-state index in [4.69, 9.17) is 4.74 Å². The summed E-state index contributed by atoms with van der Waals surface area (Å²) in [6, 6.07) is 15.1. The Morgan fingerprint density at radius 3 is 2.52 bits per heavy atom. The van der Waals surface area contributed by atoms with Gasteiger partial charge in [0, 0.05) is 5.56 Å². The van der Waals surface area contributed by atoms with Crippen LogP contribution in [0.4, 0.5) is 4.39 Å². The third-order valence-corrected chi connectivity index (χ3v) is 5.69. The van der Waals surface area contributed by atoms with E-state index in [2.05, 4.69) is 0 Å². The zero-order valence-corrected chi connectivity index (χ0v) is 13.4. The van der Waals surface area contributed by atoms with Crippen LogP contribution in [0, 0.1) is 5.82 Å². The van der Waals surface area contributed by atoms with Gasteiger partial charge in [-0.15, -0.1) is 0 Å². The van der Waals surface area contributed by atoms with E-state index in [0.29, 0.717) is 13.0 Å². The molecule has 1 fully saturated rings. The molecule has 0 amide bonds. The van der Waals surface area contributed by atoms with Crippen LogP contribution in [0.5, 0.6) is 0 Å². The predicted molar refractivity (Wildman–Crippen MR) is 85.5 cm³/mol. The Kier molecular flexibility index (Phi) is 4.75. The Morgan fingerprint density at radius 1 is 1.09 bits per heavy atom. The lowest BCUT2D eigenvalue weighted by atomic mass is 10.0. The molecule has 3 rings (SSSR count). The van der Waals surface area contributed by atoms with Gasteiger partial charge in [-0.05, 0) is 18.1 Å². The largest absolute Gasteiger partial charge is 0.365 e. The van der Waals surface area contributed by atoms with E-state index in [1.54, 1.807) is 12.1 Å². The fourth-order valence-electron chi connectivity index (χ4n) is 2.76. The van der Waals surface area contributed by atoms with Gasteiger partial charge in [0.2, 0.25) is 10.0 Å². The number of hydrogen-bond acceptors (Lipinski definition) is 3. The first-order chi connectivity index (χ1) is 11.1. The maximum Gasteiger partial charge on any atom is 0.220 e. The first-order valence-corrected chi connectivity index (χ1v) is 9.04. The average molecular weight is 335 g/mol. The van der Waals surface area contributed by atoms with Gasteiger partial charge in [-0.1, -0.05) is 48.5 Å². The maximum atomic E-state index is 13.8. The molecule has 0 radical (unpaired) electrons. The third kappa shape index (κ3) is 3.60. The molecule has 0 N–H and O–H groups in total. The van der Waals surface area contributed by atoms with E-state index >= 15 is 0 Å². The summed E-state index contributed by atoms with van der Waals surface area (Å²) >= 11 is 0. The molecule has 2 aromatic rings. The van der Waals surface area contributed by atoms with Crippen molar-refractivity contribution in [3.8, 4) is 0 Å². The second kappa shape index (κ2) is 6.78. The monoisotopic (exact) mass is 335 g/mol. The topological polar surface area (TPSA) is 46.6 Å². The molecule has 0 aliphatic carbocycles. The van der Waals surface area contributed by atoms with E-state index in [1.165, 1.54) is 16.4 Å². The smallest absolute Gasteiger partial charge is 0.220 e. The van der Waals surface area contributed by atoms with Crippen LogP contribution in [-0.2, 0) is 20.5 Å². The van der Waals surface area contributed by atoms with E-state index in [1.807, 2.05) is 30.3 Å². The van der Waals surface area contributed by atoms with Crippen molar-refractivity contribution in [1.82, 2.24) is 4.31 Å². The first-order valence-electron chi connectivity index (χ1n) is 7.43. The Bertz CT molecular complexity index is 764. The van der Waals surface area contributed by atoms with Gasteiger partial charge >= 0.3 is 0 Å². The van der Waals surface area contributed by atoms with Crippen LogP contribution in [0.1, 0.15) is 23.6 Å². The quantitative estimate of drug-likeness (QED) is 0.863. The standard InChI is InChI=1S/C17H18FNO3S/c18-16-9-5-4-8-15(16)12-23(20,21)19-13-22-11-10-17(19)14-6-2-1-3-7-14/h1-9,17H,10-13H2. The second-order valence-corrected chi connectivity index (χ2v) is 7.41. The maximum absolute atomic E-state index is 13.8. The molecule has 1 saturated heterocycles. The first kappa shape index (κ1) is 16.1. The minimum Gasteiger partial charge on any atom is -0.365 e. The van der Waals surface area contributed by atoms with Crippen LogP contribution in [0.3, 0.4) is 0 Å². The number of ether oxygens (including phenoxy) is 1. The summed E-state index contributed by atoms with van der Waals surface area (Å²) in [4.78, 5) is 0. The van der Waals surface area contributed by atoms with Crippen molar-refractivity contribution in [2.24, 2.45) is 0 Å². The van der Waals surface area contributed by atoms with Gasteiger partial charge in [0.05, 0.1) is 18.4 Å². The van der Waals surface area contributed by atoms with Crippen LogP contribution in [-0.4, -0.2) is 26.1 Å². The molecule has 2 aromatic carbocycles. The number of sulfonamides is 1. The molecular formula is C17H18FNO3S. The Hall–Kier alpha value is -1.76. The van der Waals surface area contributed by atoms with Crippen LogP contribution in [0.15, 0.2) is 54.6 Å². The minimum absolute atomic E-state index is 0.00362. The van der Waals surface area contributed by atoms with Crippen molar-refractivity contribution in [3.05, 3.63) is 71.5 Å². The number of nitrogens with zero attached hydrogens (tertiary/aromatic N) is 1. The highest BCUT2D eigenvalue weighted by Crippen LogP contribution is 2.31. The van der Waals surface area contributed by atoms with Gasteiger partial charge in [0.15, 0.2) is 0 Å². The predicted octanol–water partition coefficient (Wildman–Crippen LogP) is 3.08. The van der Waals surface area contributed by atoms with E-state index in [9.17, 15) is 12.8 Å². The van der Waals surface area contributed by atoms with Gasteiger partial charge in [0.1, 0.15) is 12.5 Å². The van der Waals surface area contributed by atoms with Gasteiger partial charge in [-0.25, -0.2) is 12.8 Å². The van der Waals surface area contributed by atoms with Crippen molar-refractivity contribution in [1.29, 1.82) is 0 Å². The van der Waals surface area contributed by atoms with Crippen molar-refractivity contribution >= 4 is 10.0 Å². The highest BCUT2D eigenvalue weighted by Gasteiger charge is 2.34. The van der Waals surface area contributed by atoms with Gasteiger partial charge in [-0.3, -0.25) is 0 Å². The van der Waals surface area contributed by atoms with Crippen molar-refractivity contribution in [3.63, 3.8) is 0 Å². The molecule has 1 atom stereocenters. The molecule has 4 nitrogen and oxygen atoms in total. The number of benzene rings is 2. The van der Waals surface area contributed by atoms with E-state index < -0.39 is 15.8 Å². The fraction of sp³-hybridized carbons (Fsp3) is 0.294. The molecule has 0 saturated carbocycles. The highest BCUT2D eigenvalue weighted by atomic mass is 32.2. The van der Waals surface area contributed by atoms with Gasteiger partial charge in [-0.2, -0.15) is 4.31 Å². The van der Waals surface area contributed by atoms with E-state index in [-0.39, 0.29) is 24.1 Å². The zero-order chi connectivity index (χ0) is 16.3. The second-order valence-electron chi connectivity index (χ2n) is 5.49. The van der Waals surface area contributed by atoms with Crippen molar-refractivity contribution in [2.75, 3.05) is 13.3 Å². The third-order valence-electron chi connectivity index (χ3n) is 3.94. The molecule has 1 aliphatic heterocycles. The molecule has 0 bridgehead atoms. The van der Waals surface area contributed by atoms with E-state index in [0.717, 1.165) is 5.56 Å². The Labute approximate surface area is 135 Å². The summed E-state index contributed by atoms with van der Waals surface area (Å²) in [6.45, 7) is 0.502. The van der Waals surface area contributed by atoms with Crippen molar-refractivity contribution < 1.29 is 17.5 Å². The number of rotatable bonds is 4. The molecule has 23 heavy (non-hydrogen) atoms. The summed E-state index contributed by atoms with van der Waals surface area (Å²) in [5.74, 6) is -0.878. The lowest BCUT2D eigenvalue weighted by Crippen LogP contribution is -2.41. The molecule has 0 aromatic heterocycles. The van der Waals surface area contributed by atoms with Crippen LogP contribution >= 0.6 is 0 Å². The zero-order valence-electron chi connectivity index (χ0n) is 12.6. The fourth-order valence-corrected chi connectivity index (χ4v) is 4.40. The SMILES string of the molecule is O=S(=O)(Cc1ccccc1F)N1COCCC1c1ccccc1. The summed E-state index contributed by atoms with van der Waals surface area (Å²) in [5.41, 5.74) is 1.10. The van der Waals surface area contributed by atoms with Crippen LogP contribution in [0.25, 0.3) is 0 Å². The Morgan fingerprint density at radius 2 is 1.78 bits per heavy atom. The molecule has 1 aliphatic rings. The number of halogens is 1. The lowest BCUT2D eigenvalue weighted by Gasteiger charge is -2.34. The summed E-state index contributed by atoms with van der Waals surface area (Å²) in [7, 11) is -3.69. The highest BCUT2D eigenvalue weighted by molar-refractivity contribution is 7.88. The van der Waals surface area contributed by atoms with Gasteiger partial charge < -0.3 is 4.74 Å². The van der Waals surface area contributed by atoms with Crippen LogP contribution in [0.2, 0.25) is 0 Å².